The lowest BCUT2D eigenvalue weighted by molar-refractivity contribution is -0.384. The molecule has 6 nitrogen and oxygen atoms in total. The molecule has 0 heterocycles. The monoisotopic (exact) mass is 384 g/mol. The van der Waals surface area contributed by atoms with Crippen LogP contribution >= 0.6 is 27.5 Å². The molecule has 0 saturated heterocycles. The SMILES string of the molecule is O=C(COc1ccc(Br)cc1Cl)Nc1ccc([N+](=O)[O-])cc1. The minimum absolute atomic E-state index is 0.0455. The van der Waals surface area contributed by atoms with Gasteiger partial charge in [-0.05, 0) is 30.3 Å². The Morgan fingerprint density at radius 1 is 1.27 bits per heavy atom. The van der Waals surface area contributed by atoms with Crippen molar-refractivity contribution in [2.45, 2.75) is 0 Å². The van der Waals surface area contributed by atoms with E-state index in [2.05, 4.69) is 21.2 Å². The predicted octanol–water partition coefficient (Wildman–Crippen LogP) is 4.03. The number of hydrogen-bond acceptors (Lipinski definition) is 4. The maximum atomic E-state index is 11.8. The maximum absolute atomic E-state index is 11.8. The maximum Gasteiger partial charge on any atom is 0.269 e. The van der Waals surface area contributed by atoms with Crippen molar-refractivity contribution in [3.8, 4) is 5.75 Å². The third kappa shape index (κ3) is 4.44. The Labute approximate surface area is 139 Å². The van der Waals surface area contributed by atoms with Crippen LogP contribution in [0.1, 0.15) is 0 Å². The molecule has 0 bridgehead atoms. The van der Waals surface area contributed by atoms with Gasteiger partial charge in [-0.2, -0.15) is 0 Å². The fourth-order valence-electron chi connectivity index (χ4n) is 1.60. The van der Waals surface area contributed by atoms with E-state index in [-0.39, 0.29) is 12.3 Å². The summed E-state index contributed by atoms with van der Waals surface area (Å²) in [4.78, 5) is 21.8. The van der Waals surface area contributed by atoms with Crippen molar-refractivity contribution in [3.63, 3.8) is 0 Å². The van der Waals surface area contributed by atoms with E-state index >= 15 is 0 Å². The fraction of sp³-hybridized carbons (Fsp3) is 0.0714. The van der Waals surface area contributed by atoms with Gasteiger partial charge in [0.05, 0.1) is 9.95 Å². The minimum atomic E-state index is -0.510. The molecule has 0 aliphatic rings. The van der Waals surface area contributed by atoms with Gasteiger partial charge in [-0.1, -0.05) is 27.5 Å². The van der Waals surface area contributed by atoms with Gasteiger partial charge in [-0.3, -0.25) is 14.9 Å². The molecule has 0 radical (unpaired) electrons. The number of hydrogen-bond donors (Lipinski definition) is 1. The lowest BCUT2D eigenvalue weighted by Gasteiger charge is -2.09. The average molecular weight is 386 g/mol. The van der Waals surface area contributed by atoms with E-state index in [0.717, 1.165) is 4.47 Å². The van der Waals surface area contributed by atoms with Crippen molar-refractivity contribution in [2.24, 2.45) is 0 Å². The zero-order chi connectivity index (χ0) is 16.1. The van der Waals surface area contributed by atoms with Crippen LogP contribution in [-0.4, -0.2) is 17.4 Å². The second-order valence-corrected chi connectivity index (χ2v) is 5.54. The highest BCUT2D eigenvalue weighted by Crippen LogP contribution is 2.27. The highest BCUT2D eigenvalue weighted by molar-refractivity contribution is 9.10. The summed E-state index contributed by atoms with van der Waals surface area (Å²) < 4.78 is 6.12. The van der Waals surface area contributed by atoms with E-state index in [0.29, 0.717) is 16.5 Å². The second-order valence-electron chi connectivity index (χ2n) is 4.22. The molecule has 0 saturated carbocycles. The molecule has 22 heavy (non-hydrogen) atoms. The van der Waals surface area contributed by atoms with Crippen molar-refractivity contribution in [3.05, 3.63) is 62.1 Å². The number of non-ortho nitro benzene ring substituents is 1. The Kier molecular flexibility index (Phi) is 5.35. The molecule has 0 spiro atoms. The third-order valence-electron chi connectivity index (χ3n) is 2.61. The van der Waals surface area contributed by atoms with Gasteiger partial charge in [-0.15, -0.1) is 0 Å². The number of halogens is 2. The van der Waals surface area contributed by atoms with Crippen molar-refractivity contribution >= 4 is 44.8 Å². The number of nitrogens with one attached hydrogen (secondary N) is 1. The molecule has 2 rings (SSSR count). The molecule has 1 N–H and O–H groups in total. The Bertz CT molecular complexity index is 706. The number of carbonyl (C=O) groups excluding carboxylic acids is 1. The quantitative estimate of drug-likeness (QED) is 0.622. The summed E-state index contributed by atoms with van der Waals surface area (Å²) in [6, 6.07) is 10.6. The van der Waals surface area contributed by atoms with Gasteiger partial charge < -0.3 is 10.1 Å². The van der Waals surface area contributed by atoms with E-state index < -0.39 is 10.8 Å². The van der Waals surface area contributed by atoms with Gasteiger partial charge in [0, 0.05) is 22.3 Å². The van der Waals surface area contributed by atoms with Crippen molar-refractivity contribution in [1.29, 1.82) is 0 Å². The molecule has 0 atom stereocenters. The molecular weight excluding hydrogens is 376 g/mol. The number of ether oxygens (including phenoxy) is 1. The predicted molar refractivity (Wildman–Crippen MR) is 86.4 cm³/mol. The van der Waals surface area contributed by atoms with Gasteiger partial charge in [0.1, 0.15) is 5.75 Å². The molecular formula is C14H10BrClN2O4. The second kappa shape index (κ2) is 7.24. The highest BCUT2D eigenvalue weighted by atomic mass is 79.9. The molecule has 0 aliphatic heterocycles. The first kappa shape index (κ1) is 16.3. The zero-order valence-electron chi connectivity index (χ0n) is 11.1. The molecule has 1 amide bonds. The van der Waals surface area contributed by atoms with Gasteiger partial charge in [0.15, 0.2) is 6.61 Å². The Hall–Kier alpha value is -2.12. The summed E-state index contributed by atoms with van der Waals surface area (Å²) in [5.41, 5.74) is 0.400. The number of carbonyl (C=O) groups is 1. The van der Waals surface area contributed by atoms with Crippen LogP contribution in [0.25, 0.3) is 0 Å². The number of anilines is 1. The van der Waals surface area contributed by atoms with E-state index in [9.17, 15) is 14.9 Å². The van der Waals surface area contributed by atoms with E-state index in [1.165, 1.54) is 24.3 Å². The van der Waals surface area contributed by atoms with Crippen molar-refractivity contribution in [2.75, 3.05) is 11.9 Å². The van der Waals surface area contributed by atoms with Crippen LogP contribution < -0.4 is 10.1 Å². The smallest absolute Gasteiger partial charge is 0.269 e. The number of nitrogens with zero attached hydrogens (tertiary/aromatic N) is 1. The van der Waals surface area contributed by atoms with Gasteiger partial charge in [0.25, 0.3) is 11.6 Å². The zero-order valence-corrected chi connectivity index (χ0v) is 13.4. The first-order chi connectivity index (χ1) is 10.5. The van der Waals surface area contributed by atoms with Gasteiger partial charge in [-0.25, -0.2) is 0 Å². The molecule has 114 valence electrons. The number of nitro groups is 1. The topological polar surface area (TPSA) is 81.5 Å². The van der Waals surface area contributed by atoms with Crippen LogP contribution in [0, 0.1) is 10.1 Å². The summed E-state index contributed by atoms with van der Waals surface area (Å²) in [7, 11) is 0. The number of amides is 1. The van der Waals surface area contributed by atoms with E-state index in [4.69, 9.17) is 16.3 Å². The molecule has 0 unspecified atom stereocenters. The van der Waals surface area contributed by atoms with E-state index in [1.807, 2.05) is 0 Å². The number of nitro benzene ring substituents is 1. The summed E-state index contributed by atoms with van der Waals surface area (Å²) in [6.45, 7) is -0.224. The summed E-state index contributed by atoms with van der Waals surface area (Å²) in [5.74, 6) is -0.00319. The van der Waals surface area contributed by atoms with Crippen molar-refractivity contribution < 1.29 is 14.5 Å². The molecule has 0 aliphatic carbocycles. The number of benzene rings is 2. The largest absolute Gasteiger partial charge is 0.482 e. The van der Waals surface area contributed by atoms with Gasteiger partial charge >= 0.3 is 0 Å². The van der Waals surface area contributed by atoms with Crippen LogP contribution in [0.15, 0.2) is 46.9 Å². The average Bonchev–Trinajstić information content (AvgIpc) is 2.47. The molecule has 0 aromatic heterocycles. The van der Waals surface area contributed by atoms with Crippen LogP contribution in [0.3, 0.4) is 0 Å². The molecule has 8 heteroatoms. The van der Waals surface area contributed by atoms with Crippen LogP contribution in [0.4, 0.5) is 11.4 Å². The summed E-state index contributed by atoms with van der Waals surface area (Å²) >= 11 is 9.24. The normalized spacial score (nSPS) is 10.1. The highest BCUT2D eigenvalue weighted by Gasteiger charge is 2.08. The third-order valence-corrected chi connectivity index (χ3v) is 3.40. The molecule has 0 fully saturated rings. The van der Waals surface area contributed by atoms with Crippen LogP contribution in [-0.2, 0) is 4.79 Å². The Morgan fingerprint density at radius 2 is 1.95 bits per heavy atom. The lowest BCUT2D eigenvalue weighted by atomic mass is 10.3. The van der Waals surface area contributed by atoms with Crippen LogP contribution in [0.5, 0.6) is 5.75 Å². The van der Waals surface area contributed by atoms with Crippen molar-refractivity contribution in [1.82, 2.24) is 0 Å². The van der Waals surface area contributed by atoms with Gasteiger partial charge in [0.2, 0.25) is 0 Å². The summed E-state index contributed by atoms with van der Waals surface area (Å²) in [5, 5.41) is 13.5. The first-order valence-corrected chi connectivity index (χ1v) is 7.25. The summed E-state index contributed by atoms with van der Waals surface area (Å²) in [6.07, 6.45) is 0. The first-order valence-electron chi connectivity index (χ1n) is 6.08. The molecule has 2 aromatic carbocycles. The Balaban J connectivity index is 1.91. The minimum Gasteiger partial charge on any atom is -0.482 e. The fourth-order valence-corrected chi connectivity index (χ4v) is 2.33. The van der Waals surface area contributed by atoms with Crippen LogP contribution in [0.2, 0.25) is 5.02 Å². The molecule has 2 aromatic rings. The number of rotatable bonds is 5. The lowest BCUT2D eigenvalue weighted by Crippen LogP contribution is -2.20. The van der Waals surface area contributed by atoms with E-state index in [1.54, 1.807) is 18.2 Å². The standard InChI is InChI=1S/C14H10BrClN2O4/c15-9-1-6-13(12(16)7-9)22-8-14(19)17-10-2-4-11(5-3-10)18(20)21/h1-7H,8H2,(H,17,19). The Morgan fingerprint density at radius 3 is 2.55 bits per heavy atom.